The number of carbonyl (C=O) groups excluding carboxylic acids is 2. The Kier molecular flexibility index (Phi) is 7.66. The van der Waals surface area contributed by atoms with Crippen LogP contribution in [0, 0.1) is 0 Å². The molecule has 0 aliphatic carbocycles. The topological polar surface area (TPSA) is 84.0 Å². The number of nitrogens with zero attached hydrogens (tertiary/aromatic N) is 3. The number of likely N-dealkylation sites (tertiary alicyclic amines) is 1. The van der Waals surface area contributed by atoms with Crippen molar-refractivity contribution in [1.29, 1.82) is 0 Å². The standard InChI is InChI=1S/C31H31F3N4O4/c32-31(33,34)22-1-3-24(4-2-22)37-15-10-25(11-16-37)41-26-5-6-27-21(17-26)18-28(42-27)29(39)36-23-9-14-38(19-23)30(40)20-7-12-35-13-8-20/h1-8,12-13,17,23,25,28H,9-11,14-16,18-19H2,(H,36,39)/t23-,28?/m1/s1. The molecule has 2 atom stereocenters. The van der Waals surface area contributed by atoms with Crippen LogP contribution in [0.25, 0.3) is 0 Å². The number of halogens is 3. The Labute approximate surface area is 241 Å². The van der Waals surface area contributed by atoms with Gasteiger partial charge in [-0.05, 0) is 61.0 Å². The first-order valence-electron chi connectivity index (χ1n) is 14.1. The van der Waals surface area contributed by atoms with Crippen molar-refractivity contribution in [2.75, 3.05) is 31.1 Å². The van der Waals surface area contributed by atoms with Crippen molar-refractivity contribution in [3.05, 3.63) is 83.7 Å². The zero-order chi connectivity index (χ0) is 29.3. The average Bonchev–Trinajstić information content (AvgIpc) is 3.64. The Balaban J connectivity index is 0.973. The molecule has 6 rings (SSSR count). The third-order valence-corrected chi connectivity index (χ3v) is 8.05. The first-order chi connectivity index (χ1) is 20.2. The van der Waals surface area contributed by atoms with Crippen LogP contribution in [0.15, 0.2) is 67.0 Å². The van der Waals surface area contributed by atoms with Gasteiger partial charge in [-0.15, -0.1) is 0 Å². The molecule has 220 valence electrons. The number of piperidine rings is 1. The van der Waals surface area contributed by atoms with Crippen molar-refractivity contribution >= 4 is 17.5 Å². The van der Waals surface area contributed by atoms with Gasteiger partial charge in [-0.3, -0.25) is 14.6 Å². The van der Waals surface area contributed by atoms with Gasteiger partial charge in [0.25, 0.3) is 11.8 Å². The van der Waals surface area contributed by atoms with Crippen LogP contribution >= 0.6 is 0 Å². The summed E-state index contributed by atoms with van der Waals surface area (Å²) in [6.45, 7) is 2.38. The molecular formula is C31H31F3N4O4. The van der Waals surface area contributed by atoms with Crippen molar-refractivity contribution in [2.24, 2.45) is 0 Å². The monoisotopic (exact) mass is 580 g/mol. The Morgan fingerprint density at radius 3 is 2.40 bits per heavy atom. The fourth-order valence-corrected chi connectivity index (χ4v) is 5.76. The molecule has 1 unspecified atom stereocenters. The number of anilines is 1. The molecule has 2 aromatic carbocycles. The number of benzene rings is 2. The molecule has 8 nitrogen and oxygen atoms in total. The molecule has 1 aromatic heterocycles. The van der Waals surface area contributed by atoms with E-state index in [0.717, 1.165) is 36.2 Å². The van der Waals surface area contributed by atoms with Crippen LogP contribution in [0.3, 0.4) is 0 Å². The lowest BCUT2D eigenvalue weighted by molar-refractivity contribution is -0.137. The lowest BCUT2D eigenvalue weighted by atomic mass is 10.1. The second-order valence-corrected chi connectivity index (χ2v) is 10.9. The zero-order valence-corrected chi connectivity index (χ0v) is 22.8. The van der Waals surface area contributed by atoms with E-state index in [1.807, 2.05) is 18.2 Å². The predicted molar refractivity (Wildman–Crippen MR) is 149 cm³/mol. The fraction of sp³-hybridized carbons (Fsp3) is 0.387. The molecule has 2 amide bonds. The normalized spacial score (nSPS) is 20.6. The van der Waals surface area contributed by atoms with E-state index in [-0.39, 0.29) is 24.0 Å². The first-order valence-corrected chi connectivity index (χ1v) is 14.1. The van der Waals surface area contributed by atoms with Gasteiger partial charge >= 0.3 is 6.18 Å². The van der Waals surface area contributed by atoms with Crippen molar-refractivity contribution in [3.8, 4) is 11.5 Å². The number of pyridine rings is 1. The van der Waals surface area contributed by atoms with Crippen molar-refractivity contribution in [2.45, 2.75) is 50.1 Å². The third-order valence-electron chi connectivity index (χ3n) is 8.05. The van der Waals surface area contributed by atoms with Gasteiger partial charge in [-0.2, -0.15) is 13.2 Å². The Bertz CT molecular complexity index is 1430. The van der Waals surface area contributed by atoms with E-state index in [1.54, 1.807) is 29.4 Å². The lowest BCUT2D eigenvalue weighted by Gasteiger charge is -2.34. The Morgan fingerprint density at radius 2 is 1.69 bits per heavy atom. The van der Waals surface area contributed by atoms with Gasteiger partial charge in [-0.1, -0.05) is 0 Å². The van der Waals surface area contributed by atoms with Gasteiger partial charge < -0.3 is 24.6 Å². The van der Waals surface area contributed by atoms with Crippen LogP contribution in [0.2, 0.25) is 0 Å². The quantitative estimate of drug-likeness (QED) is 0.463. The summed E-state index contributed by atoms with van der Waals surface area (Å²) in [5.41, 5.74) is 1.60. The highest BCUT2D eigenvalue weighted by Crippen LogP contribution is 2.34. The van der Waals surface area contributed by atoms with Gasteiger partial charge in [-0.25, -0.2) is 0 Å². The van der Waals surface area contributed by atoms with E-state index in [2.05, 4.69) is 15.2 Å². The predicted octanol–water partition coefficient (Wildman–Crippen LogP) is 4.48. The summed E-state index contributed by atoms with van der Waals surface area (Å²) >= 11 is 0. The summed E-state index contributed by atoms with van der Waals surface area (Å²) < 4.78 is 50.7. The summed E-state index contributed by atoms with van der Waals surface area (Å²) in [6.07, 6.45) is 0.749. The molecular weight excluding hydrogens is 549 g/mol. The van der Waals surface area contributed by atoms with Crippen LogP contribution < -0.4 is 19.7 Å². The number of hydrogen-bond acceptors (Lipinski definition) is 6. The highest BCUT2D eigenvalue weighted by atomic mass is 19.4. The zero-order valence-electron chi connectivity index (χ0n) is 22.8. The van der Waals surface area contributed by atoms with Gasteiger partial charge in [0, 0.05) is 80.7 Å². The minimum atomic E-state index is -4.34. The van der Waals surface area contributed by atoms with Crippen LogP contribution in [-0.2, 0) is 17.4 Å². The summed E-state index contributed by atoms with van der Waals surface area (Å²) in [6, 6.07) is 14.1. The molecule has 4 heterocycles. The second kappa shape index (κ2) is 11.5. The van der Waals surface area contributed by atoms with Crippen molar-refractivity contribution in [1.82, 2.24) is 15.2 Å². The minimum Gasteiger partial charge on any atom is -0.490 e. The molecule has 3 aliphatic rings. The highest BCUT2D eigenvalue weighted by Gasteiger charge is 2.34. The molecule has 2 saturated heterocycles. The van der Waals surface area contributed by atoms with Gasteiger partial charge in [0.05, 0.1) is 5.56 Å². The second-order valence-electron chi connectivity index (χ2n) is 10.9. The van der Waals surface area contributed by atoms with E-state index >= 15 is 0 Å². The fourth-order valence-electron chi connectivity index (χ4n) is 5.76. The van der Waals surface area contributed by atoms with Crippen molar-refractivity contribution < 1.29 is 32.2 Å². The average molecular weight is 581 g/mol. The van der Waals surface area contributed by atoms with Crippen LogP contribution in [-0.4, -0.2) is 66.1 Å². The number of carbonyl (C=O) groups is 2. The van der Waals surface area contributed by atoms with Crippen LogP contribution in [0.1, 0.15) is 40.7 Å². The van der Waals surface area contributed by atoms with Crippen LogP contribution in [0.4, 0.5) is 18.9 Å². The SMILES string of the molecule is O=C(N[C@@H]1CCN(C(=O)c2ccncc2)C1)C1Cc2cc(OC3CCN(c4ccc(C(F)(F)F)cc4)CC3)ccc2O1. The summed E-state index contributed by atoms with van der Waals surface area (Å²) in [7, 11) is 0. The molecule has 1 N–H and O–H groups in total. The molecule has 0 spiro atoms. The number of aromatic nitrogens is 1. The number of ether oxygens (including phenoxy) is 2. The molecule has 3 aromatic rings. The number of nitrogens with one attached hydrogen (secondary N) is 1. The summed E-state index contributed by atoms with van der Waals surface area (Å²) in [4.78, 5) is 33.4. The lowest BCUT2D eigenvalue weighted by Crippen LogP contribution is -2.44. The maximum atomic E-state index is 13.0. The maximum Gasteiger partial charge on any atom is 0.416 e. The van der Waals surface area contributed by atoms with Crippen LogP contribution in [0.5, 0.6) is 11.5 Å². The van der Waals surface area contributed by atoms with E-state index in [4.69, 9.17) is 9.47 Å². The Morgan fingerprint density at radius 1 is 0.952 bits per heavy atom. The van der Waals surface area contributed by atoms with E-state index in [9.17, 15) is 22.8 Å². The third kappa shape index (κ3) is 6.14. The van der Waals surface area contributed by atoms with E-state index < -0.39 is 17.8 Å². The number of amides is 2. The number of alkyl halides is 3. The number of hydrogen-bond donors (Lipinski definition) is 1. The number of fused-ring (bicyclic) bond motifs is 1. The molecule has 3 aliphatic heterocycles. The first kappa shape index (κ1) is 27.9. The maximum absolute atomic E-state index is 13.0. The molecule has 2 fully saturated rings. The number of rotatable bonds is 6. The van der Waals surface area contributed by atoms with E-state index in [1.165, 1.54) is 12.1 Å². The van der Waals surface area contributed by atoms with Gasteiger partial charge in [0.1, 0.15) is 17.6 Å². The molecule has 0 saturated carbocycles. The molecule has 42 heavy (non-hydrogen) atoms. The molecule has 0 bridgehead atoms. The minimum absolute atomic E-state index is 0.0182. The Hall–Kier alpha value is -4.28. The highest BCUT2D eigenvalue weighted by molar-refractivity contribution is 5.94. The van der Waals surface area contributed by atoms with Gasteiger partial charge in [0.15, 0.2) is 6.10 Å². The summed E-state index contributed by atoms with van der Waals surface area (Å²) in [5, 5.41) is 3.04. The molecule has 11 heteroatoms. The van der Waals surface area contributed by atoms with E-state index in [0.29, 0.717) is 56.1 Å². The largest absolute Gasteiger partial charge is 0.490 e. The summed E-state index contributed by atoms with van der Waals surface area (Å²) in [5.74, 6) is 1.08. The smallest absolute Gasteiger partial charge is 0.416 e. The van der Waals surface area contributed by atoms with Crippen molar-refractivity contribution in [3.63, 3.8) is 0 Å². The molecule has 0 radical (unpaired) electrons. The van der Waals surface area contributed by atoms with Gasteiger partial charge in [0.2, 0.25) is 0 Å².